The molecule has 0 saturated heterocycles. The zero-order chi connectivity index (χ0) is 16.9. The van der Waals surface area contributed by atoms with E-state index >= 15 is 0 Å². The molecular weight excluding hydrogens is 318 g/mol. The zero-order valence-corrected chi connectivity index (χ0v) is 14.6. The third-order valence-electron chi connectivity index (χ3n) is 4.07. The summed E-state index contributed by atoms with van der Waals surface area (Å²) in [7, 11) is 1.83. The summed E-state index contributed by atoms with van der Waals surface area (Å²) >= 11 is 1.50. The smallest absolute Gasteiger partial charge is 0.273 e. The Morgan fingerprint density at radius 3 is 2.79 bits per heavy atom. The van der Waals surface area contributed by atoms with Crippen molar-refractivity contribution in [2.24, 2.45) is 5.73 Å². The fourth-order valence-corrected chi connectivity index (χ4v) is 3.53. The largest absolute Gasteiger partial charge is 0.340 e. The van der Waals surface area contributed by atoms with Crippen LogP contribution in [0.15, 0.2) is 47.8 Å². The van der Waals surface area contributed by atoms with E-state index in [-0.39, 0.29) is 5.91 Å². The Labute approximate surface area is 145 Å². The molecule has 0 saturated carbocycles. The van der Waals surface area contributed by atoms with Gasteiger partial charge in [-0.3, -0.25) is 4.79 Å². The molecule has 0 spiro atoms. The first-order valence-electron chi connectivity index (χ1n) is 8.05. The van der Waals surface area contributed by atoms with Gasteiger partial charge >= 0.3 is 0 Å². The molecule has 0 atom stereocenters. The van der Waals surface area contributed by atoms with Crippen molar-refractivity contribution < 1.29 is 4.79 Å². The van der Waals surface area contributed by atoms with Gasteiger partial charge in [0.25, 0.3) is 5.91 Å². The van der Waals surface area contributed by atoms with Crippen LogP contribution in [0.3, 0.4) is 0 Å². The molecular formula is C19H21N3OS. The van der Waals surface area contributed by atoms with Gasteiger partial charge in [0.05, 0.1) is 5.01 Å². The SMILES string of the molecule is CN(CCc1cccc2ccccc12)C(=O)c1csc(CCN)n1. The lowest BCUT2D eigenvalue weighted by molar-refractivity contribution is 0.0791. The lowest BCUT2D eigenvalue weighted by Crippen LogP contribution is -2.29. The van der Waals surface area contributed by atoms with Gasteiger partial charge in [0.1, 0.15) is 5.69 Å². The maximum Gasteiger partial charge on any atom is 0.273 e. The van der Waals surface area contributed by atoms with E-state index in [9.17, 15) is 4.79 Å². The number of aromatic nitrogens is 1. The molecule has 2 aromatic carbocycles. The molecule has 0 radical (unpaired) electrons. The van der Waals surface area contributed by atoms with Gasteiger partial charge in [-0.2, -0.15) is 0 Å². The first-order chi connectivity index (χ1) is 11.7. The molecule has 0 fully saturated rings. The minimum atomic E-state index is -0.0326. The number of likely N-dealkylation sites (N-methyl/N-ethyl adjacent to an activating group) is 1. The number of benzene rings is 2. The normalized spacial score (nSPS) is 10.9. The highest BCUT2D eigenvalue weighted by atomic mass is 32.1. The third-order valence-corrected chi connectivity index (χ3v) is 4.98. The number of nitrogens with zero attached hydrogens (tertiary/aromatic N) is 2. The monoisotopic (exact) mass is 339 g/mol. The van der Waals surface area contributed by atoms with Crippen LogP contribution in [-0.2, 0) is 12.8 Å². The Balaban J connectivity index is 1.67. The number of carbonyl (C=O) groups excluding carboxylic acids is 1. The van der Waals surface area contributed by atoms with Gasteiger partial charge in [-0.25, -0.2) is 4.98 Å². The molecule has 5 heteroatoms. The molecule has 1 amide bonds. The summed E-state index contributed by atoms with van der Waals surface area (Å²) in [6.45, 7) is 1.22. The van der Waals surface area contributed by atoms with E-state index in [0.29, 0.717) is 18.8 Å². The maximum atomic E-state index is 12.5. The summed E-state index contributed by atoms with van der Waals surface area (Å²) in [5, 5.41) is 5.22. The summed E-state index contributed by atoms with van der Waals surface area (Å²) in [5.41, 5.74) is 7.31. The number of carbonyl (C=O) groups is 1. The molecule has 3 rings (SSSR count). The van der Waals surface area contributed by atoms with Crippen molar-refractivity contribution in [1.82, 2.24) is 9.88 Å². The lowest BCUT2D eigenvalue weighted by atomic mass is 10.0. The third kappa shape index (κ3) is 3.63. The van der Waals surface area contributed by atoms with Crippen LogP contribution in [0.2, 0.25) is 0 Å². The number of fused-ring (bicyclic) bond motifs is 1. The maximum absolute atomic E-state index is 12.5. The van der Waals surface area contributed by atoms with Crippen LogP contribution in [-0.4, -0.2) is 35.9 Å². The average molecular weight is 339 g/mol. The summed E-state index contributed by atoms with van der Waals surface area (Å²) < 4.78 is 0. The van der Waals surface area contributed by atoms with Crippen molar-refractivity contribution in [3.63, 3.8) is 0 Å². The van der Waals surface area contributed by atoms with Crippen molar-refractivity contribution in [2.75, 3.05) is 20.1 Å². The zero-order valence-electron chi connectivity index (χ0n) is 13.7. The molecule has 4 nitrogen and oxygen atoms in total. The molecule has 2 N–H and O–H groups in total. The molecule has 0 bridgehead atoms. The molecule has 0 unspecified atom stereocenters. The second-order valence-corrected chi connectivity index (χ2v) is 6.72. The number of amides is 1. The Kier molecular flexibility index (Phi) is 5.23. The summed E-state index contributed by atoms with van der Waals surface area (Å²) in [6.07, 6.45) is 1.54. The van der Waals surface area contributed by atoms with Crippen molar-refractivity contribution in [3.8, 4) is 0 Å². The number of thiazole rings is 1. The highest BCUT2D eigenvalue weighted by Gasteiger charge is 2.15. The van der Waals surface area contributed by atoms with Gasteiger partial charge in [-0.1, -0.05) is 42.5 Å². The molecule has 0 aliphatic heterocycles. The summed E-state index contributed by atoms with van der Waals surface area (Å²) in [4.78, 5) is 18.6. The topological polar surface area (TPSA) is 59.2 Å². The van der Waals surface area contributed by atoms with Gasteiger partial charge in [-0.15, -0.1) is 11.3 Å². The van der Waals surface area contributed by atoms with Gasteiger partial charge < -0.3 is 10.6 Å². The molecule has 0 aliphatic rings. The number of rotatable bonds is 6. The van der Waals surface area contributed by atoms with E-state index in [0.717, 1.165) is 17.8 Å². The van der Waals surface area contributed by atoms with Crippen LogP contribution in [0.4, 0.5) is 0 Å². The molecule has 1 heterocycles. The predicted octanol–water partition coefficient (Wildman–Crippen LogP) is 3.11. The fourth-order valence-electron chi connectivity index (χ4n) is 2.74. The van der Waals surface area contributed by atoms with Crippen LogP contribution in [0, 0.1) is 0 Å². The quantitative estimate of drug-likeness (QED) is 0.751. The minimum Gasteiger partial charge on any atom is -0.340 e. The van der Waals surface area contributed by atoms with Gasteiger partial charge in [-0.05, 0) is 29.3 Å². The molecule has 1 aromatic heterocycles. The first-order valence-corrected chi connectivity index (χ1v) is 8.93. The molecule has 124 valence electrons. The van der Waals surface area contributed by atoms with Crippen molar-refractivity contribution in [2.45, 2.75) is 12.8 Å². The second-order valence-electron chi connectivity index (χ2n) is 5.78. The average Bonchev–Trinajstić information content (AvgIpc) is 3.08. The van der Waals surface area contributed by atoms with E-state index in [1.165, 1.54) is 27.7 Å². The Hall–Kier alpha value is -2.24. The Morgan fingerprint density at radius 1 is 1.17 bits per heavy atom. The van der Waals surface area contributed by atoms with Crippen LogP contribution in [0.25, 0.3) is 10.8 Å². The Bertz CT molecular complexity index is 838. The summed E-state index contributed by atoms with van der Waals surface area (Å²) in [6, 6.07) is 14.6. The van der Waals surface area contributed by atoms with Crippen molar-refractivity contribution in [3.05, 3.63) is 64.1 Å². The molecule has 3 aromatic rings. The molecule has 0 aliphatic carbocycles. The fraction of sp³-hybridized carbons (Fsp3) is 0.263. The number of hydrogen-bond donors (Lipinski definition) is 1. The summed E-state index contributed by atoms with van der Waals surface area (Å²) in [5.74, 6) is -0.0326. The van der Waals surface area contributed by atoms with Crippen LogP contribution < -0.4 is 5.73 Å². The second kappa shape index (κ2) is 7.55. The van der Waals surface area contributed by atoms with Crippen molar-refractivity contribution >= 4 is 28.0 Å². The van der Waals surface area contributed by atoms with E-state index < -0.39 is 0 Å². The highest BCUT2D eigenvalue weighted by molar-refractivity contribution is 7.09. The van der Waals surface area contributed by atoms with Gasteiger partial charge in [0.15, 0.2) is 0 Å². The highest BCUT2D eigenvalue weighted by Crippen LogP contribution is 2.19. The van der Waals surface area contributed by atoms with Crippen LogP contribution in [0.1, 0.15) is 21.1 Å². The van der Waals surface area contributed by atoms with E-state index in [2.05, 4.69) is 41.4 Å². The van der Waals surface area contributed by atoms with E-state index in [1.807, 2.05) is 18.5 Å². The number of hydrogen-bond acceptors (Lipinski definition) is 4. The van der Waals surface area contributed by atoms with Crippen molar-refractivity contribution in [1.29, 1.82) is 0 Å². The minimum absolute atomic E-state index is 0.0326. The predicted molar refractivity (Wildman–Crippen MR) is 99.5 cm³/mol. The lowest BCUT2D eigenvalue weighted by Gasteiger charge is -2.16. The van der Waals surface area contributed by atoms with E-state index in [1.54, 1.807) is 4.90 Å². The Morgan fingerprint density at radius 2 is 1.96 bits per heavy atom. The van der Waals surface area contributed by atoms with Crippen LogP contribution >= 0.6 is 11.3 Å². The van der Waals surface area contributed by atoms with Crippen LogP contribution in [0.5, 0.6) is 0 Å². The van der Waals surface area contributed by atoms with Gasteiger partial charge in [0, 0.05) is 25.4 Å². The standard InChI is InChI=1S/C19H21N3OS/c1-22(19(23)17-13-24-18(21-17)9-11-20)12-10-15-7-4-6-14-5-2-3-8-16(14)15/h2-8,13H,9-12,20H2,1H3. The number of nitrogens with two attached hydrogens (primary N) is 1. The molecule has 24 heavy (non-hydrogen) atoms. The van der Waals surface area contributed by atoms with E-state index in [4.69, 9.17) is 5.73 Å². The first kappa shape index (κ1) is 16.6. The van der Waals surface area contributed by atoms with Gasteiger partial charge in [0.2, 0.25) is 0 Å².